The van der Waals surface area contributed by atoms with Crippen LogP contribution in [0.25, 0.3) is 0 Å². The lowest BCUT2D eigenvalue weighted by molar-refractivity contribution is -0.114. The molecule has 0 unspecified atom stereocenters. The number of rotatable bonds is 4. The van der Waals surface area contributed by atoms with Crippen molar-refractivity contribution in [1.29, 1.82) is 0 Å². The van der Waals surface area contributed by atoms with Crippen molar-refractivity contribution in [2.24, 2.45) is 10.7 Å². The molecule has 0 bridgehead atoms. The van der Waals surface area contributed by atoms with Gasteiger partial charge in [-0.3, -0.25) is 4.79 Å². The van der Waals surface area contributed by atoms with Gasteiger partial charge in [-0.05, 0) is 48.9 Å². The van der Waals surface area contributed by atoms with E-state index in [0.717, 1.165) is 34.5 Å². The van der Waals surface area contributed by atoms with E-state index in [0.29, 0.717) is 19.0 Å². The number of aliphatic imine (C=N–C) groups is 1. The number of anilines is 2. The van der Waals surface area contributed by atoms with Crippen molar-refractivity contribution >= 4 is 63.1 Å². The van der Waals surface area contributed by atoms with Crippen LogP contribution in [0.1, 0.15) is 5.56 Å². The van der Waals surface area contributed by atoms with Crippen LogP contribution in [-0.2, 0) is 4.79 Å². The Hall–Kier alpha value is -1.88. The zero-order chi connectivity index (χ0) is 20.1. The van der Waals surface area contributed by atoms with E-state index in [4.69, 9.17) is 5.73 Å². The molecule has 1 aliphatic rings. The zero-order valence-corrected chi connectivity index (χ0v) is 20.0. The minimum atomic E-state index is -0.241. The molecule has 1 aliphatic heterocycles. The summed E-state index contributed by atoms with van der Waals surface area (Å²) in [4.78, 5) is 20.5. The lowest BCUT2D eigenvalue weighted by Gasteiger charge is -2.36. The van der Waals surface area contributed by atoms with Crippen LogP contribution in [-0.4, -0.2) is 49.5 Å². The summed E-state index contributed by atoms with van der Waals surface area (Å²) in [5.41, 5.74) is 8.78. The first-order valence-corrected chi connectivity index (χ1v) is 9.83. The molecule has 3 N–H and O–H groups in total. The molecular weight excluding hydrogens is 552 g/mol. The van der Waals surface area contributed by atoms with Crippen LogP contribution in [0.5, 0.6) is 0 Å². The number of nitrogens with zero attached hydrogens (tertiary/aromatic N) is 3. The van der Waals surface area contributed by atoms with Gasteiger partial charge in [-0.25, -0.2) is 9.38 Å². The van der Waals surface area contributed by atoms with Gasteiger partial charge in [-0.2, -0.15) is 0 Å². The highest BCUT2D eigenvalue weighted by Crippen LogP contribution is 2.20. The maximum atomic E-state index is 13.1. The van der Waals surface area contributed by atoms with Gasteiger partial charge in [0.2, 0.25) is 5.91 Å². The van der Waals surface area contributed by atoms with Gasteiger partial charge in [-0.1, -0.05) is 22.0 Å². The minimum Gasteiger partial charge on any atom is -0.370 e. The molecule has 2 aromatic carbocycles. The number of carbonyl (C=O) groups is 1. The first-order valence-electron chi connectivity index (χ1n) is 9.04. The maximum absolute atomic E-state index is 13.1. The molecule has 6 nitrogen and oxygen atoms in total. The van der Waals surface area contributed by atoms with E-state index in [2.05, 4.69) is 31.1 Å². The summed E-state index contributed by atoms with van der Waals surface area (Å²) < 4.78 is 14.0. The highest BCUT2D eigenvalue weighted by molar-refractivity contribution is 14.0. The van der Waals surface area contributed by atoms with Gasteiger partial charge in [0.25, 0.3) is 0 Å². The van der Waals surface area contributed by atoms with E-state index in [1.54, 1.807) is 12.1 Å². The number of benzene rings is 2. The Morgan fingerprint density at radius 1 is 1.17 bits per heavy atom. The highest BCUT2D eigenvalue weighted by Gasteiger charge is 2.18. The summed E-state index contributed by atoms with van der Waals surface area (Å²) in [7, 11) is 0. The number of guanidine groups is 1. The summed E-state index contributed by atoms with van der Waals surface area (Å²) in [5, 5.41) is 2.85. The Labute approximate surface area is 195 Å². The average Bonchev–Trinajstić information content (AvgIpc) is 2.70. The lowest BCUT2D eigenvalue weighted by Crippen LogP contribution is -2.51. The number of halogens is 3. The van der Waals surface area contributed by atoms with Gasteiger partial charge in [-0.15, -0.1) is 24.0 Å². The van der Waals surface area contributed by atoms with Crippen molar-refractivity contribution in [3.8, 4) is 0 Å². The highest BCUT2D eigenvalue weighted by atomic mass is 127. The van der Waals surface area contributed by atoms with Crippen LogP contribution in [0.15, 0.2) is 51.9 Å². The SMILES string of the molecule is Cc1ccc(Br)cc1NC(=O)CN=C(N)N1CCN(c2ccc(F)cc2)CC1.I. The first-order chi connectivity index (χ1) is 13.4. The average molecular weight is 576 g/mol. The van der Waals surface area contributed by atoms with Gasteiger partial charge in [0.1, 0.15) is 12.4 Å². The molecule has 1 heterocycles. The quantitative estimate of drug-likeness (QED) is 0.332. The van der Waals surface area contributed by atoms with Gasteiger partial charge >= 0.3 is 0 Å². The maximum Gasteiger partial charge on any atom is 0.246 e. The van der Waals surface area contributed by atoms with Gasteiger partial charge in [0.05, 0.1) is 0 Å². The van der Waals surface area contributed by atoms with Crippen molar-refractivity contribution in [3.63, 3.8) is 0 Å². The number of hydrogen-bond acceptors (Lipinski definition) is 3. The fraction of sp³-hybridized carbons (Fsp3) is 0.300. The molecule has 29 heavy (non-hydrogen) atoms. The summed E-state index contributed by atoms with van der Waals surface area (Å²) >= 11 is 3.40. The molecule has 3 rings (SSSR count). The Balaban J connectivity index is 0.00000300. The number of piperazine rings is 1. The summed E-state index contributed by atoms with van der Waals surface area (Å²) in [6, 6.07) is 12.2. The summed E-state index contributed by atoms with van der Waals surface area (Å²) in [6.07, 6.45) is 0. The second-order valence-corrected chi connectivity index (χ2v) is 7.55. The van der Waals surface area contributed by atoms with E-state index in [-0.39, 0.29) is 42.2 Å². The van der Waals surface area contributed by atoms with Crippen LogP contribution in [0.2, 0.25) is 0 Å². The molecule has 156 valence electrons. The number of amides is 1. The van der Waals surface area contributed by atoms with E-state index in [1.165, 1.54) is 12.1 Å². The van der Waals surface area contributed by atoms with Gasteiger partial charge in [0, 0.05) is 42.0 Å². The Kier molecular flexibility index (Phi) is 8.69. The van der Waals surface area contributed by atoms with E-state index in [1.807, 2.05) is 30.0 Å². The number of carbonyl (C=O) groups excluding carboxylic acids is 1. The molecule has 9 heteroatoms. The van der Waals surface area contributed by atoms with E-state index >= 15 is 0 Å². The monoisotopic (exact) mass is 575 g/mol. The second kappa shape index (κ2) is 10.8. The van der Waals surface area contributed by atoms with Crippen molar-refractivity contribution in [2.45, 2.75) is 6.92 Å². The van der Waals surface area contributed by atoms with Crippen molar-refractivity contribution < 1.29 is 9.18 Å². The second-order valence-electron chi connectivity index (χ2n) is 6.63. The predicted octanol–water partition coefficient (Wildman–Crippen LogP) is 3.59. The molecule has 0 spiro atoms. The van der Waals surface area contributed by atoms with Crippen LogP contribution < -0.4 is 16.0 Å². The van der Waals surface area contributed by atoms with Crippen LogP contribution in [0.4, 0.5) is 15.8 Å². The Morgan fingerprint density at radius 3 is 2.48 bits per heavy atom. The van der Waals surface area contributed by atoms with Gasteiger partial charge < -0.3 is 20.9 Å². The molecule has 0 aromatic heterocycles. The zero-order valence-electron chi connectivity index (χ0n) is 16.1. The molecule has 0 atom stereocenters. The first kappa shape index (κ1) is 23.4. The van der Waals surface area contributed by atoms with E-state index in [9.17, 15) is 9.18 Å². The van der Waals surface area contributed by atoms with Crippen molar-refractivity contribution in [3.05, 3.63) is 58.3 Å². The minimum absolute atomic E-state index is 0. The topological polar surface area (TPSA) is 74.0 Å². The van der Waals surface area contributed by atoms with Crippen molar-refractivity contribution in [2.75, 3.05) is 42.9 Å². The largest absolute Gasteiger partial charge is 0.370 e. The van der Waals surface area contributed by atoms with Gasteiger partial charge in [0.15, 0.2) is 5.96 Å². The van der Waals surface area contributed by atoms with E-state index < -0.39 is 0 Å². The molecule has 1 fully saturated rings. The molecule has 1 amide bonds. The lowest BCUT2D eigenvalue weighted by atomic mass is 10.2. The standard InChI is InChI=1S/C20H23BrFN5O.HI/c1-14-2-3-15(21)12-18(14)25-19(28)13-24-20(23)27-10-8-26(9-11-27)17-6-4-16(22)5-7-17;/h2-7,12H,8-11,13H2,1H3,(H2,23,24)(H,25,28);1H. The number of hydrogen-bond donors (Lipinski definition) is 2. The molecule has 0 saturated carbocycles. The van der Waals surface area contributed by atoms with Crippen LogP contribution in [0, 0.1) is 12.7 Å². The molecule has 0 aliphatic carbocycles. The Morgan fingerprint density at radius 2 is 1.83 bits per heavy atom. The predicted molar refractivity (Wildman–Crippen MR) is 130 cm³/mol. The fourth-order valence-electron chi connectivity index (χ4n) is 3.02. The number of nitrogens with two attached hydrogens (primary N) is 1. The fourth-order valence-corrected chi connectivity index (χ4v) is 3.38. The summed E-state index contributed by atoms with van der Waals surface area (Å²) in [6.45, 7) is 4.80. The number of nitrogens with one attached hydrogen (secondary N) is 1. The van der Waals surface area contributed by atoms with Crippen LogP contribution >= 0.6 is 39.9 Å². The Bertz CT molecular complexity index is 870. The normalized spacial score (nSPS) is 14.4. The molecular formula is C20H24BrFIN5O. The third-order valence-corrected chi connectivity index (χ3v) is 5.15. The summed E-state index contributed by atoms with van der Waals surface area (Å²) in [5.74, 6) is -0.0935. The third-order valence-electron chi connectivity index (χ3n) is 4.65. The third kappa shape index (κ3) is 6.56. The smallest absolute Gasteiger partial charge is 0.246 e. The van der Waals surface area contributed by atoms with Crippen molar-refractivity contribution in [1.82, 2.24) is 4.90 Å². The number of aryl methyl sites for hydroxylation is 1. The molecule has 2 aromatic rings. The molecule has 0 radical (unpaired) electrons. The molecule has 1 saturated heterocycles. The van der Waals surface area contributed by atoms with Crippen LogP contribution in [0.3, 0.4) is 0 Å².